The number of rotatable bonds is 3. The van der Waals surface area contributed by atoms with Crippen molar-refractivity contribution in [1.82, 2.24) is 4.31 Å². The molecule has 1 fully saturated rings. The van der Waals surface area contributed by atoms with E-state index in [9.17, 15) is 8.42 Å². The second-order valence-electron chi connectivity index (χ2n) is 6.17. The molecule has 1 aliphatic heterocycles. The van der Waals surface area contributed by atoms with E-state index >= 15 is 0 Å². The normalized spacial score (nSPS) is 19.4. The highest BCUT2D eigenvalue weighted by Gasteiger charge is 2.41. The van der Waals surface area contributed by atoms with Gasteiger partial charge in [-0.25, -0.2) is 8.42 Å². The van der Waals surface area contributed by atoms with Gasteiger partial charge in [0.1, 0.15) is 0 Å². The zero-order chi connectivity index (χ0) is 15.1. The van der Waals surface area contributed by atoms with Gasteiger partial charge in [0.25, 0.3) is 0 Å². The lowest BCUT2D eigenvalue weighted by molar-refractivity contribution is 0.291. The Hall–Kier alpha value is -0.580. The maximum Gasteiger partial charge on any atom is 0.243 e. The second kappa shape index (κ2) is 5.32. The van der Waals surface area contributed by atoms with Crippen LogP contribution in [-0.4, -0.2) is 24.8 Å². The van der Waals surface area contributed by atoms with Crippen molar-refractivity contribution in [3.8, 4) is 0 Å². The number of nitrogens with zero attached hydrogens (tertiary/aromatic N) is 1. The fraction of sp³-hybridized carbons (Fsp3) is 0.600. The minimum Gasteiger partial charge on any atom is -0.207 e. The third kappa shape index (κ3) is 2.61. The molecule has 5 heteroatoms. The molecule has 112 valence electrons. The zero-order valence-corrected chi connectivity index (χ0v) is 14.1. The van der Waals surface area contributed by atoms with Crippen molar-refractivity contribution >= 4 is 21.6 Å². The van der Waals surface area contributed by atoms with Crippen LogP contribution in [-0.2, 0) is 15.9 Å². The number of hydrogen-bond acceptors (Lipinski definition) is 2. The molecule has 2 rings (SSSR count). The first-order valence-electron chi connectivity index (χ1n) is 6.89. The number of sulfonamides is 1. The van der Waals surface area contributed by atoms with Crippen molar-refractivity contribution in [2.75, 3.05) is 6.54 Å². The second-order valence-corrected chi connectivity index (χ2v) is 8.27. The number of benzene rings is 1. The third-order valence-corrected chi connectivity index (χ3v) is 6.71. The van der Waals surface area contributed by atoms with E-state index in [1.807, 2.05) is 33.8 Å². The zero-order valence-electron chi connectivity index (χ0n) is 12.5. The van der Waals surface area contributed by atoms with Gasteiger partial charge in [-0.15, -0.1) is 11.6 Å². The molecule has 1 aromatic rings. The van der Waals surface area contributed by atoms with Crippen molar-refractivity contribution < 1.29 is 8.42 Å². The minimum absolute atomic E-state index is 0.308. The van der Waals surface area contributed by atoms with Gasteiger partial charge in [0.15, 0.2) is 0 Å². The number of alkyl halides is 1. The van der Waals surface area contributed by atoms with Crippen LogP contribution in [0.2, 0.25) is 0 Å². The van der Waals surface area contributed by atoms with Crippen LogP contribution in [0.1, 0.15) is 43.4 Å². The SMILES string of the molecule is Cc1cc(C)c(S(=O)(=O)N2CCCC2(C)C)cc1CCl. The minimum atomic E-state index is -3.45. The monoisotopic (exact) mass is 315 g/mol. The standard InChI is InChI=1S/C15H22ClNO2S/c1-11-8-12(2)14(9-13(11)10-16)20(18,19)17-7-5-6-15(17,3)4/h8-9H,5-7,10H2,1-4H3. The summed E-state index contributed by atoms with van der Waals surface area (Å²) in [7, 11) is -3.45. The molecule has 0 bridgehead atoms. The van der Waals surface area contributed by atoms with Gasteiger partial charge in [0.2, 0.25) is 10.0 Å². The van der Waals surface area contributed by atoms with E-state index in [0.717, 1.165) is 29.5 Å². The van der Waals surface area contributed by atoms with Crippen LogP contribution < -0.4 is 0 Å². The molecule has 1 heterocycles. The highest BCUT2D eigenvalue weighted by Crippen LogP contribution is 2.35. The van der Waals surface area contributed by atoms with E-state index in [1.165, 1.54) is 0 Å². The van der Waals surface area contributed by atoms with Crippen LogP contribution in [0, 0.1) is 13.8 Å². The summed E-state index contributed by atoms with van der Waals surface area (Å²) < 4.78 is 27.5. The van der Waals surface area contributed by atoms with Crippen molar-refractivity contribution in [1.29, 1.82) is 0 Å². The molecule has 1 saturated heterocycles. The summed E-state index contributed by atoms with van der Waals surface area (Å²) in [6, 6.07) is 3.65. The highest BCUT2D eigenvalue weighted by atomic mass is 35.5. The van der Waals surface area contributed by atoms with Gasteiger partial charge in [-0.2, -0.15) is 4.31 Å². The maximum absolute atomic E-state index is 12.9. The van der Waals surface area contributed by atoms with Gasteiger partial charge in [0, 0.05) is 18.0 Å². The van der Waals surface area contributed by atoms with Gasteiger partial charge in [0.05, 0.1) is 4.90 Å². The molecule has 0 aliphatic carbocycles. The molecule has 0 radical (unpaired) electrons. The molecule has 20 heavy (non-hydrogen) atoms. The first-order valence-corrected chi connectivity index (χ1v) is 8.86. The Morgan fingerprint density at radius 2 is 1.90 bits per heavy atom. The Kier molecular flexibility index (Phi) is 4.20. The van der Waals surface area contributed by atoms with Gasteiger partial charge < -0.3 is 0 Å². The van der Waals surface area contributed by atoms with Crippen LogP contribution in [0.25, 0.3) is 0 Å². The van der Waals surface area contributed by atoms with E-state index in [-0.39, 0.29) is 5.54 Å². The van der Waals surface area contributed by atoms with E-state index in [4.69, 9.17) is 11.6 Å². The molecule has 0 atom stereocenters. The lowest BCUT2D eigenvalue weighted by atomic mass is 10.0. The van der Waals surface area contributed by atoms with Crippen LogP contribution in [0.15, 0.2) is 17.0 Å². The topological polar surface area (TPSA) is 37.4 Å². The Morgan fingerprint density at radius 3 is 2.40 bits per heavy atom. The predicted molar refractivity (Wildman–Crippen MR) is 82.7 cm³/mol. The lowest BCUT2D eigenvalue weighted by Gasteiger charge is -2.31. The summed E-state index contributed by atoms with van der Waals surface area (Å²) in [5.74, 6) is 0.331. The number of aryl methyl sites for hydroxylation is 2. The van der Waals surface area contributed by atoms with Crippen molar-refractivity contribution in [3.63, 3.8) is 0 Å². The average molecular weight is 316 g/mol. The molecular formula is C15H22ClNO2S. The predicted octanol–water partition coefficient (Wildman–Crippen LogP) is 3.61. The summed E-state index contributed by atoms with van der Waals surface area (Å²) in [5.41, 5.74) is 2.40. The average Bonchev–Trinajstić information content (AvgIpc) is 2.69. The van der Waals surface area contributed by atoms with Crippen LogP contribution in [0.4, 0.5) is 0 Å². The summed E-state index contributed by atoms with van der Waals surface area (Å²) in [6.45, 7) is 8.38. The lowest BCUT2D eigenvalue weighted by Crippen LogP contribution is -2.42. The van der Waals surface area contributed by atoms with Gasteiger partial charge in [-0.05, 0) is 63.3 Å². The molecule has 0 amide bonds. The smallest absolute Gasteiger partial charge is 0.207 e. The molecule has 0 saturated carbocycles. The van der Waals surface area contributed by atoms with Gasteiger partial charge in [-0.1, -0.05) is 6.07 Å². The van der Waals surface area contributed by atoms with E-state index in [2.05, 4.69) is 0 Å². The molecule has 0 N–H and O–H groups in total. The molecule has 0 spiro atoms. The molecule has 0 unspecified atom stereocenters. The largest absolute Gasteiger partial charge is 0.243 e. The molecule has 1 aromatic carbocycles. The van der Waals surface area contributed by atoms with Crippen molar-refractivity contribution in [3.05, 3.63) is 28.8 Å². The van der Waals surface area contributed by atoms with Gasteiger partial charge in [-0.3, -0.25) is 0 Å². The van der Waals surface area contributed by atoms with E-state index in [1.54, 1.807) is 10.4 Å². The molecule has 3 nitrogen and oxygen atoms in total. The summed E-state index contributed by atoms with van der Waals surface area (Å²) in [4.78, 5) is 0.397. The highest BCUT2D eigenvalue weighted by molar-refractivity contribution is 7.89. The Labute approximate surface area is 127 Å². The number of hydrogen-bond donors (Lipinski definition) is 0. The first-order chi connectivity index (χ1) is 9.20. The summed E-state index contributed by atoms with van der Waals surface area (Å²) >= 11 is 5.91. The molecule has 1 aliphatic rings. The maximum atomic E-state index is 12.9. The third-order valence-electron chi connectivity index (χ3n) is 4.17. The summed E-state index contributed by atoms with van der Waals surface area (Å²) in [5, 5.41) is 0. The molecular weight excluding hydrogens is 294 g/mol. The van der Waals surface area contributed by atoms with Crippen LogP contribution in [0.5, 0.6) is 0 Å². The van der Waals surface area contributed by atoms with Crippen molar-refractivity contribution in [2.45, 2.75) is 56.9 Å². The Morgan fingerprint density at radius 1 is 1.25 bits per heavy atom. The van der Waals surface area contributed by atoms with Gasteiger partial charge >= 0.3 is 0 Å². The van der Waals surface area contributed by atoms with E-state index < -0.39 is 10.0 Å². The fourth-order valence-corrected chi connectivity index (χ4v) is 5.34. The molecule has 0 aromatic heterocycles. The Balaban J connectivity index is 2.55. The summed E-state index contributed by atoms with van der Waals surface area (Å²) in [6.07, 6.45) is 1.82. The first kappa shape index (κ1) is 15.8. The fourth-order valence-electron chi connectivity index (χ4n) is 2.94. The van der Waals surface area contributed by atoms with Crippen LogP contribution in [0.3, 0.4) is 0 Å². The quantitative estimate of drug-likeness (QED) is 0.799. The van der Waals surface area contributed by atoms with Crippen molar-refractivity contribution in [2.24, 2.45) is 0 Å². The van der Waals surface area contributed by atoms with E-state index in [0.29, 0.717) is 17.3 Å². The number of halogens is 1. The van der Waals surface area contributed by atoms with Crippen LogP contribution >= 0.6 is 11.6 Å². The Bertz CT molecular complexity index is 623.